The number of piperidine rings is 1. The molecule has 2 rings (SSSR count). The summed E-state index contributed by atoms with van der Waals surface area (Å²) in [6.07, 6.45) is 2.15. The zero-order valence-electron chi connectivity index (χ0n) is 12.9. The molecule has 0 aromatic carbocycles. The number of hydrogen-bond acceptors (Lipinski definition) is 4. The van der Waals surface area contributed by atoms with Crippen molar-refractivity contribution in [2.24, 2.45) is 11.7 Å². The molecule has 8 heteroatoms. The number of halogens is 1. The minimum atomic E-state index is -1.40. The lowest BCUT2D eigenvalue weighted by Gasteiger charge is -2.39. The smallest absolute Gasteiger partial charge is 0.323 e. The number of hydrogen-bond donors (Lipinski definition) is 3. The lowest BCUT2D eigenvalue weighted by molar-refractivity contribution is -0.143. The Labute approximate surface area is 136 Å². The summed E-state index contributed by atoms with van der Waals surface area (Å²) in [6, 6.07) is 0. The normalized spacial score (nSPS) is 26.0. The Morgan fingerprint density at radius 1 is 1.45 bits per heavy atom. The molecule has 2 aliphatic heterocycles. The van der Waals surface area contributed by atoms with E-state index in [1.807, 2.05) is 0 Å². The molecule has 0 unspecified atom stereocenters. The van der Waals surface area contributed by atoms with Crippen LogP contribution in [0.25, 0.3) is 0 Å². The van der Waals surface area contributed by atoms with Crippen LogP contribution in [0.2, 0.25) is 0 Å². The first-order valence-electron chi connectivity index (χ1n) is 7.25. The van der Waals surface area contributed by atoms with Crippen LogP contribution in [0.4, 0.5) is 0 Å². The third-order valence-corrected chi connectivity index (χ3v) is 4.72. The fraction of sp³-hybridized carbons (Fsp3) is 0.786. The van der Waals surface area contributed by atoms with Gasteiger partial charge in [-0.25, -0.2) is 0 Å². The van der Waals surface area contributed by atoms with E-state index in [-0.39, 0.29) is 42.1 Å². The second-order valence-electron chi connectivity index (χ2n) is 6.60. The Morgan fingerprint density at radius 2 is 2.00 bits per heavy atom. The van der Waals surface area contributed by atoms with E-state index in [0.717, 1.165) is 0 Å². The van der Waals surface area contributed by atoms with E-state index in [4.69, 9.17) is 10.8 Å². The van der Waals surface area contributed by atoms with Crippen LogP contribution < -0.4 is 11.1 Å². The second-order valence-corrected chi connectivity index (χ2v) is 6.60. The maximum atomic E-state index is 12.1. The van der Waals surface area contributed by atoms with Crippen LogP contribution in [0.15, 0.2) is 0 Å². The van der Waals surface area contributed by atoms with Gasteiger partial charge in [-0.3, -0.25) is 14.4 Å². The lowest BCUT2D eigenvalue weighted by atomic mass is 9.80. The Hall–Kier alpha value is -1.34. The van der Waals surface area contributed by atoms with Gasteiger partial charge >= 0.3 is 5.97 Å². The molecule has 0 aromatic heterocycles. The van der Waals surface area contributed by atoms with Gasteiger partial charge < -0.3 is 21.1 Å². The third kappa shape index (κ3) is 3.70. The number of nitrogens with one attached hydrogen (secondary N) is 1. The van der Waals surface area contributed by atoms with Crippen molar-refractivity contribution in [3.63, 3.8) is 0 Å². The third-order valence-electron chi connectivity index (χ3n) is 4.72. The molecule has 2 amide bonds. The van der Waals surface area contributed by atoms with Crippen molar-refractivity contribution >= 4 is 30.2 Å². The molecule has 4 N–H and O–H groups in total. The maximum absolute atomic E-state index is 12.1. The van der Waals surface area contributed by atoms with E-state index in [1.165, 1.54) is 6.92 Å². The molecule has 22 heavy (non-hydrogen) atoms. The topological polar surface area (TPSA) is 113 Å². The summed E-state index contributed by atoms with van der Waals surface area (Å²) in [7, 11) is 0. The molecular formula is C14H24ClN3O4. The summed E-state index contributed by atoms with van der Waals surface area (Å²) >= 11 is 0. The number of carboxylic acid groups (broad SMARTS) is 1. The molecule has 2 heterocycles. The lowest BCUT2D eigenvalue weighted by Crippen LogP contribution is -2.51. The highest BCUT2D eigenvalue weighted by atomic mass is 35.5. The first-order chi connectivity index (χ1) is 9.65. The highest BCUT2D eigenvalue weighted by Gasteiger charge is 2.48. The van der Waals surface area contributed by atoms with Gasteiger partial charge in [-0.2, -0.15) is 0 Å². The molecule has 0 aliphatic carbocycles. The summed E-state index contributed by atoms with van der Waals surface area (Å²) in [5.74, 6) is -1.54. The summed E-state index contributed by atoms with van der Waals surface area (Å²) in [6.45, 7) is 4.23. The van der Waals surface area contributed by atoms with Gasteiger partial charge in [-0.05, 0) is 32.6 Å². The molecule has 0 aromatic rings. The van der Waals surface area contributed by atoms with Crippen LogP contribution in [-0.4, -0.2) is 52.0 Å². The zero-order valence-corrected chi connectivity index (χ0v) is 13.7. The average molecular weight is 334 g/mol. The fourth-order valence-electron chi connectivity index (χ4n) is 3.32. The number of likely N-dealkylation sites (tertiary alicyclic amines) is 1. The zero-order chi connectivity index (χ0) is 15.8. The minimum Gasteiger partial charge on any atom is -0.480 e. The van der Waals surface area contributed by atoms with Crippen LogP contribution >= 0.6 is 12.4 Å². The van der Waals surface area contributed by atoms with E-state index >= 15 is 0 Å². The number of carbonyl (C=O) groups is 3. The second kappa shape index (κ2) is 6.42. The fourth-order valence-corrected chi connectivity index (χ4v) is 3.32. The monoisotopic (exact) mass is 333 g/mol. The summed E-state index contributed by atoms with van der Waals surface area (Å²) in [4.78, 5) is 36.3. The number of carboxylic acids is 1. The molecular weight excluding hydrogens is 310 g/mol. The molecule has 2 aliphatic rings. The number of rotatable bonds is 3. The van der Waals surface area contributed by atoms with Gasteiger partial charge in [0.05, 0.1) is 0 Å². The van der Waals surface area contributed by atoms with E-state index in [9.17, 15) is 14.4 Å². The van der Waals surface area contributed by atoms with Gasteiger partial charge in [0, 0.05) is 31.5 Å². The number of nitrogens with zero attached hydrogens (tertiary/aromatic N) is 1. The van der Waals surface area contributed by atoms with Gasteiger partial charge in [0.1, 0.15) is 5.54 Å². The molecule has 2 fully saturated rings. The predicted molar refractivity (Wildman–Crippen MR) is 82.6 cm³/mol. The first kappa shape index (κ1) is 18.7. The quantitative estimate of drug-likeness (QED) is 0.679. The molecule has 0 bridgehead atoms. The Balaban J connectivity index is 0.00000242. The van der Waals surface area contributed by atoms with E-state index in [1.54, 1.807) is 11.8 Å². The van der Waals surface area contributed by atoms with Crippen LogP contribution in [0, 0.1) is 5.92 Å². The Morgan fingerprint density at radius 3 is 2.45 bits per heavy atom. The molecule has 2 atom stereocenters. The molecule has 1 spiro atoms. The molecule has 0 saturated carbocycles. The molecule has 0 radical (unpaired) electrons. The van der Waals surface area contributed by atoms with Crippen molar-refractivity contribution in [3.05, 3.63) is 0 Å². The van der Waals surface area contributed by atoms with E-state index in [0.29, 0.717) is 32.4 Å². The van der Waals surface area contributed by atoms with Gasteiger partial charge in [-0.15, -0.1) is 12.4 Å². The van der Waals surface area contributed by atoms with Crippen molar-refractivity contribution in [2.75, 3.05) is 13.1 Å². The largest absolute Gasteiger partial charge is 0.480 e. The predicted octanol–water partition coefficient (Wildman–Crippen LogP) is 0.118. The first-order valence-corrected chi connectivity index (χ1v) is 7.25. The van der Waals surface area contributed by atoms with Crippen LogP contribution in [0.3, 0.4) is 0 Å². The van der Waals surface area contributed by atoms with Crippen molar-refractivity contribution in [1.82, 2.24) is 10.2 Å². The van der Waals surface area contributed by atoms with Crippen molar-refractivity contribution in [1.29, 1.82) is 0 Å². The highest BCUT2D eigenvalue weighted by molar-refractivity contribution is 5.85. The van der Waals surface area contributed by atoms with Crippen LogP contribution in [-0.2, 0) is 14.4 Å². The Bertz CT molecular complexity index is 473. The van der Waals surface area contributed by atoms with Crippen LogP contribution in [0.5, 0.6) is 0 Å². The Kier molecular flexibility index (Phi) is 5.46. The SMILES string of the molecule is CC(=O)N1CCC2(CC1)C[C@@H](C[C@](C)(N)C(=O)O)C(=O)N2.Cl. The van der Waals surface area contributed by atoms with Crippen molar-refractivity contribution in [2.45, 2.75) is 50.6 Å². The van der Waals surface area contributed by atoms with Crippen molar-refractivity contribution < 1.29 is 19.5 Å². The van der Waals surface area contributed by atoms with Gasteiger partial charge in [0.25, 0.3) is 0 Å². The summed E-state index contributed by atoms with van der Waals surface area (Å²) < 4.78 is 0. The van der Waals surface area contributed by atoms with Gasteiger partial charge in [0.2, 0.25) is 11.8 Å². The van der Waals surface area contributed by atoms with E-state index < -0.39 is 11.5 Å². The summed E-state index contributed by atoms with van der Waals surface area (Å²) in [5.41, 5.74) is 4.05. The van der Waals surface area contributed by atoms with Crippen LogP contribution in [0.1, 0.15) is 39.5 Å². The summed E-state index contributed by atoms with van der Waals surface area (Å²) in [5, 5.41) is 12.1. The number of carbonyl (C=O) groups excluding carboxylic acids is 2. The van der Waals surface area contributed by atoms with Gasteiger partial charge in [-0.1, -0.05) is 0 Å². The molecule has 126 valence electrons. The molecule has 7 nitrogen and oxygen atoms in total. The highest BCUT2D eigenvalue weighted by Crippen LogP contribution is 2.37. The minimum absolute atomic E-state index is 0. The van der Waals surface area contributed by atoms with Gasteiger partial charge in [0.15, 0.2) is 0 Å². The van der Waals surface area contributed by atoms with E-state index in [2.05, 4.69) is 5.32 Å². The number of nitrogens with two attached hydrogens (primary N) is 1. The van der Waals surface area contributed by atoms with Crippen molar-refractivity contribution in [3.8, 4) is 0 Å². The maximum Gasteiger partial charge on any atom is 0.323 e. The molecule has 2 saturated heterocycles. The number of amides is 2. The standard InChI is InChI=1S/C14H23N3O4.ClH/c1-9(18)17-5-3-14(4-6-17)8-10(11(19)16-14)7-13(2,15)12(20)21;/h10H,3-8,15H2,1-2H3,(H,16,19)(H,20,21);1H/t10-,13+;/m1./s1. The average Bonchev–Trinajstić information content (AvgIpc) is 2.65. The number of aliphatic carboxylic acids is 1.